The molecule has 1 N–H and O–H groups in total. The van der Waals surface area contributed by atoms with Crippen LogP contribution in [0.1, 0.15) is 23.6 Å². The van der Waals surface area contributed by atoms with Crippen molar-refractivity contribution in [3.05, 3.63) is 65.7 Å². The first-order chi connectivity index (χ1) is 13.3. The fraction of sp³-hybridized carbons (Fsp3) is 0.263. The Kier molecular flexibility index (Phi) is 5.34. The normalized spacial score (nSPS) is 15.6. The second-order valence-electron chi connectivity index (χ2n) is 6.19. The van der Waals surface area contributed by atoms with Crippen molar-refractivity contribution < 1.29 is 9.53 Å². The van der Waals surface area contributed by atoms with Gasteiger partial charge in [-0.15, -0.1) is 5.10 Å². The number of hydrogen-bond donors (Lipinski definition) is 1. The molecule has 0 saturated heterocycles. The zero-order chi connectivity index (χ0) is 18.5. The minimum atomic E-state index is -0.0454. The highest BCUT2D eigenvalue weighted by atomic mass is 32.2. The highest BCUT2D eigenvalue weighted by Gasteiger charge is 2.22. The Morgan fingerprint density at radius 1 is 1.19 bits per heavy atom. The van der Waals surface area contributed by atoms with E-state index in [2.05, 4.69) is 20.8 Å². The van der Waals surface area contributed by atoms with Crippen LogP contribution in [-0.4, -0.2) is 38.5 Å². The Morgan fingerprint density at radius 2 is 2.00 bits per heavy atom. The summed E-state index contributed by atoms with van der Waals surface area (Å²) in [5.41, 5.74) is 2.13. The van der Waals surface area contributed by atoms with E-state index in [-0.39, 0.29) is 17.7 Å². The summed E-state index contributed by atoms with van der Waals surface area (Å²) in [4.78, 5) is 12.4. The molecule has 1 aliphatic heterocycles. The molecule has 0 bridgehead atoms. The number of aromatic nitrogens is 4. The topological polar surface area (TPSA) is 81.9 Å². The number of benzene rings is 2. The first-order valence-corrected chi connectivity index (χ1v) is 9.72. The zero-order valence-corrected chi connectivity index (χ0v) is 15.4. The van der Waals surface area contributed by atoms with Crippen LogP contribution in [0.5, 0.6) is 5.75 Å². The van der Waals surface area contributed by atoms with E-state index in [1.807, 2.05) is 54.6 Å². The number of nitrogens with one attached hydrogen (secondary N) is 1. The third-order valence-corrected chi connectivity index (χ3v) is 5.26. The predicted octanol–water partition coefficient (Wildman–Crippen LogP) is 2.45. The van der Waals surface area contributed by atoms with Gasteiger partial charge < -0.3 is 10.1 Å². The average molecular weight is 381 g/mol. The molecule has 4 rings (SSSR count). The molecule has 1 aliphatic rings. The van der Waals surface area contributed by atoms with Gasteiger partial charge in [-0.05, 0) is 22.1 Å². The SMILES string of the molecule is O=C(CSc1nnnn1Cc1ccccc1)NC1CCOc2ccccc21. The molecule has 2 heterocycles. The average Bonchev–Trinajstić information content (AvgIpc) is 3.14. The van der Waals surface area contributed by atoms with Crippen molar-refractivity contribution in [1.29, 1.82) is 0 Å². The number of carbonyl (C=O) groups excluding carboxylic acids is 1. The molecular formula is C19H19N5O2S. The van der Waals surface area contributed by atoms with Crippen LogP contribution < -0.4 is 10.1 Å². The van der Waals surface area contributed by atoms with Gasteiger partial charge in [0.05, 0.1) is 24.9 Å². The van der Waals surface area contributed by atoms with Gasteiger partial charge in [-0.25, -0.2) is 4.68 Å². The van der Waals surface area contributed by atoms with Crippen molar-refractivity contribution in [3.8, 4) is 5.75 Å². The van der Waals surface area contributed by atoms with Crippen molar-refractivity contribution in [2.24, 2.45) is 0 Å². The number of para-hydroxylation sites is 1. The van der Waals surface area contributed by atoms with Gasteiger partial charge in [0.25, 0.3) is 0 Å². The van der Waals surface area contributed by atoms with Gasteiger partial charge in [-0.1, -0.05) is 60.3 Å². The Morgan fingerprint density at radius 3 is 2.89 bits per heavy atom. The molecule has 1 unspecified atom stereocenters. The van der Waals surface area contributed by atoms with Crippen molar-refractivity contribution in [3.63, 3.8) is 0 Å². The van der Waals surface area contributed by atoms with E-state index in [9.17, 15) is 4.79 Å². The third-order valence-electron chi connectivity index (χ3n) is 4.30. The fourth-order valence-corrected chi connectivity index (χ4v) is 3.70. The van der Waals surface area contributed by atoms with E-state index in [1.54, 1.807) is 4.68 Å². The van der Waals surface area contributed by atoms with Gasteiger partial charge in [0.15, 0.2) is 0 Å². The number of hydrogen-bond acceptors (Lipinski definition) is 6. The smallest absolute Gasteiger partial charge is 0.230 e. The maximum Gasteiger partial charge on any atom is 0.230 e. The Balaban J connectivity index is 1.35. The summed E-state index contributed by atoms with van der Waals surface area (Å²) in [6.45, 7) is 1.18. The predicted molar refractivity (Wildman–Crippen MR) is 102 cm³/mol. The summed E-state index contributed by atoms with van der Waals surface area (Å²) in [7, 11) is 0. The summed E-state index contributed by atoms with van der Waals surface area (Å²) < 4.78 is 7.35. The summed E-state index contributed by atoms with van der Waals surface area (Å²) in [5.74, 6) is 1.05. The van der Waals surface area contributed by atoms with Crippen molar-refractivity contribution in [2.45, 2.75) is 24.2 Å². The maximum atomic E-state index is 12.4. The number of amides is 1. The first-order valence-electron chi connectivity index (χ1n) is 8.73. The van der Waals surface area contributed by atoms with Gasteiger partial charge >= 0.3 is 0 Å². The number of rotatable bonds is 6. The molecule has 27 heavy (non-hydrogen) atoms. The lowest BCUT2D eigenvalue weighted by Crippen LogP contribution is -2.33. The number of fused-ring (bicyclic) bond motifs is 1. The number of tetrazole rings is 1. The zero-order valence-electron chi connectivity index (χ0n) is 14.6. The van der Waals surface area contributed by atoms with Gasteiger partial charge in [-0.2, -0.15) is 0 Å². The van der Waals surface area contributed by atoms with Crippen LogP contribution in [-0.2, 0) is 11.3 Å². The molecule has 0 aliphatic carbocycles. The van der Waals surface area contributed by atoms with Crippen LogP contribution in [0.2, 0.25) is 0 Å². The molecule has 8 heteroatoms. The number of nitrogens with zero attached hydrogens (tertiary/aromatic N) is 4. The molecule has 138 valence electrons. The van der Waals surface area contributed by atoms with E-state index in [0.29, 0.717) is 18.3 Å². The monoisotopic (exact) mass is 381 g/mol. The van der Waals surface area contributed by atoms with Gasteiger partial charge in [0.1, 0.15) is 5.75 Å². The van der Waals surface area contributed by atoms with Crippen molar-refractivity contribution in [1.82, 2.24) is 25.5 Å². The first kappa shape index (κ1) is 17.5. The van der Waals surface area contributed by atoms with Crippen LogP contribution in [0.15, 0.2) is 59.8 Å². The quantitative estimate of drug-likeness (QED) is 0.661. The van der Waals surface area contributed by atoms with Gasteiger partial charge in [0.2, 0.25) is 11.1 Å². The molecule has 2 aromatic carbocycles. The highest BCUT2D eigenvalue weighted by molar-refractivity contribution is 7.99. The summed E-state index contributed by atoms with van der Waals surface area (Å²) >= 11 is 1.33. The van der Waals surface area contributed by atoms with Crippen molar-refractivity contribution >= 4 is 17.7 Å². The second kappa shape index (κ2) is 8.22. The van der Waals surface area contributed by atoms with E-state index in [1.165, 1.54) is 11.8 Å². The molecule has 0 fully saturated rings. The second-order valence-corrected chi connectivity index (χ2v) is 7.13. The minimum Gasteiger partial charge on any atom is -0.493 e. The number of thioether (sulfide) groups is 1. The summed E-state index contributed by atoms with van der Waals surface area (Å²) in [6, 6.07) is 17.8. The third kappa shape index (κ3) is 4.28. The molecule has 1 aromatic heterocycles. The van der Waals surface area contributed by atoms with Crippen LogP contribution in [0.3, 0.4) is 0 Å². The van der Waals surface area contributed by atoms with Crippen LogP contribution in [0, 0.1) is 0 Å². The molecule has 3 aromatic rings. The molecule has 0 saturated carbocycles. The van der Waals surface area contributed by atoms with Gasteiger partial charge in [-0.3, -0.25) is 4.79 Å². The standard InChI is InChI=1S/C19H19N5O2S/c25-18(20-16-10-11-26-17-9-5-4-8-15(16)17)13-27-19-21-22-23-24(19)12-14-6-2-1-3-7-14/h1-9,16H,10-13H2,(H,20,25). The fourth-order valence-electron chi connectivity index (χ4n) is 3.01. The Labute approximate surface area is 161 Å². The Hall–Kier alpha value is -2.87. The largest absolute Gasteiger partial charge is 0.493 e. The number of ether oxygens (including phenoxy) is 1. The van der Waals surface area contributed by atoms with Crippen LogP contribution in [0.4, 0.5) is 0 Å². The lowest BCUT2D eigenvalue weighted by atomic mass is 10.0. The van der Waals surface area contributed by atoms with E-state index in [0.717, 1.165) is 23.3 Å². The minimum absolute atomic E-state index is 0.0247. The summed E-state index contributed by atoms with van der Waals surface area (Å²) in [6.07, 6.45) is 0.763. The lowest BCUT2D eigenvalue weighted by molar-refractivity contribution is -0.119. The lowest BCUT2D eigenvalue weighted by Gasteiger charge is -2.26. The molecule has 0 spiro atoms. The molecule has 7 nitrogen and oxygen atoms in total. The van der Waals surface area contributed by atoms with Gasteiger partial charge in [0, 0.05) is 12.0 Å². The summed E-state index contributed by atoms with van der Waals surface area (Å²) in [5, 5.41) is 15.5. The molecule has 0 radical (unpaired) electrons. The van der Waals surface area contributed by atoms with E-state index >= 15 is 0 Å². The molecule has 1 atom stereocenters. The number of carbonyl (C=O) groups is 1. The van der Waals surface area contributed by atoms with E-state index in [4.69, 9.17) is 4.74 Å². The Bertz CT molecular complexity index is 915. The maximum absolute atomic E-state index is 12.4. The highest BCUT2D eigenvalue weighted by Crippen LogP contribution is 2.31. The molecular weight excluding hydrogens is 362 g/mol. The van der Waals surface area contributed by atoms with Crippen molar-refractivity contribution in [2.75, 3.05) is 12.4 Å². The van der Waals surface area contributed by atoms with Crippen LogP contribution in [0.25, 0.3) is 0 Å². The van der Waals surface area contributed by atoms with Crippen LogP contribution >= 0.6 is 11.8 Å². The molecule has 1 amide bonds. The van der Waals surface area contributed by atoms with E-state index < -0.39 is 0 Å².